The van der Waals surface area contributed by atoms with E-state index >= 15 is 0 Å². The van der Waals surface area contributed by atoms with Gasteiger partial charge < -0.3 is 10.3 Å². The maximum absolute atomic E-state index is 5.68. The van der Waals surface area contributed by atoms with Crippen LogP contribution in [-0.4, -0.2) is 33.1 Å². The monoisotopic (exact) mass is 305 g/mol. The van der Waals surface area contributed by atoms with E-state index in [0.29, 0.717) is 17.0 Å². The fourth-order valence-electron chi connectivity index (χ4n) is 2.87. The van der Waals surface area contributed by atoms with Crippen LogP contribution in [0, 0.1) is 0 Å². The highest BCUT2D eigenvalue weighted by Crippen LogP contribution is 2.39. The Morgan fingerprint density at radius 3 is 2.71 bits per heavy atom. The zero-order chi connectivity index (χ0) is 14.2. The lowest BCUT2D eigenvalue weighted by Gasteiger charge is -2.29. The molecule has 1 aliphatic heterocycles. The van der Waals surface area contributed by atoms with E-state index in [1.807, 2.05) is 6.20 Å². The lowest BCUT2D eigenvalue weighted by molar-refractivity contribution is 0.201. The zero-order valence-corrected chi connectivity index (χ0v) is 12.7. The molecule has 0 bridgehead atoms. The van der Waals surface area contributed by atoms with E-state index in [1.165, 1.54) is 17.7 Å². The van der Waals surface area contributed by atoms with Crippen molar-refractivity contribution in [2.45, 2.75) is 44.1 Å². The molecule has 2 aromatic rings. The van der Waals surface area contributed by atoms with Crippen molar-refractivity contribution < 1.29 is 4.52 Å². The van der Waals surface area contributed by atoms with Crippen molar-refractivity contribution >= 4 is 16.5 Å². The molecule has 0 unspecified atom stereocenters. The highest BCUT2D eigenvalue weighted by atomic mass is 32.1. The fraction of sp³-hybridized carbons (Fsp3) is 0.643. The first-order valence-corrected chi connectivity index (χ1v) is 8.35. The summed E-state index contributed by atoms with van der Waals surface area (Å²) in [7, 11) is 0. The summed E-state index contributed by atoms with van der Waals surface area (Å²) in [6.07, 6.45) is 6.49. The Kier molecular flexibility index (Phi) is 3.39. The van der Waals surface area contributed by atoms with Gasteiger partial charge in [-0.2, -0.15) is 4.98 Å². The molecule has 0 atom stereocenters. The highest BCUT2D eigenvalue weighted by molar-refractivity contribution is 7.15. The van der Waals surface area contributed by atoms with E-state index in [4.69, 9.17) is 10.3 Å². The van der Waals surface area contributed by atoms with Crippen molar-refractivity contribution in [1.82, 2.24) is 20.0 Å². The maximum atomic E-state index is 5.68. The van der Waals surface area contributed by atoms with Crippen molar-refractivity contribution in [3.8, 4) is 0 Å². The molecule has 2 N–H and O–H groups in total. The van der Waals surface area contributed by atoms with Crippen LogP contribution in [0.1, 0.15) is 54.1 Å². The summed E-state index contributed by atoms with van der Waals surface area (Å²) < 4.78 is 5.37. The van der Waals surface area contributed by atoms with E-state index in [9.17, 15) is 0 Å². The largest absolute Gasteiger partial charge is 0.375 e. The average molecular weight is 305 g/mol. The second kappa shape index (κ2) is 5.38. The summed E-state index contributed by atoms with van der Waals surface area (Å²) >= 11 is 1.58. The van der Waals surface area contributed by atoms with Crippen LogP contribution in [0.2, 0.25) is 0 Å². The second-order valence-corrected chi connectivity index (χ2v) is 7.13. The van der Waals surface area contributed by atoms with E-state index in [0.717, 1.165) is 44.2 Å². The Morgan fingerprint density at radius 2 is 2.05 bits per heavy atom. The van der Waals surface area contributed by atoms with Crippen LogP contribution in [0.25, 0.3) is 0 Å². The lowest BCUT2D eigenvalue weighted by atomic mass is 9.96. The summed E-state index contributed by atoms with van der Waals surface area (Å²) in [6, 6.07) is 0. The molecule has 4 rings (SSSR count). The quantitative estimate of drug-likeness (QED) is 0.934. The summed E-state index contributed by atoms with van der Waals surface area (Å²) in [5.41, 5.74) is 5.68. The third kappa shape index (κ3) is 2.94. The van der Waals surface area contributed by atoms with Gasteiger partial charge in [-0.05, 0) is 38.8 Å². The van der Waals surface area contributed by atoms with Gasteiger partial charge in [0.2, 0.25) is 5.89 Å². The number of hydrogen-bond acceptors (Lipinski definition) is 7. The van der Waals surface area contributed by atoms with Crippen molar-refractivity contribution in [2.24, 2.45) is 0 Å². The normalized spacial score (nSPS) is 21.0. The topological polar surface area (TPSA) is 81.1 Å². The Morgan fingerprint density at radius 1 is 1.24 bits per heavy atom. The van der Waals surface area contributed by atoms with Crippen LogP contribution in [0.3, 0.4) is 0 Å². The SMILES string of the molecule is Nc1ncc(CN2CCC(c3noc(C4CC4)n3)CC2)s1. The van der Waals surface area contributed by atoms with Crippen LogP contribution < -0.4 is 5.73 Å². The first-order chi connectivity index (χ1) is 10.3. The summed E-state index contributed by atoms with van der Waals surface area (Å²) in [5.74, 6) is 2.76. The molecule has 2 aromatic heterocycles. The first kappa shape index (κ1) is 13.2. The number of hydrogen-bond donors (Lipinski definition) is 1. The number of rotatable bonds is 4. The third-order valence-electron chi connectivity index (χ3n) is 4.29. The molecule has 112 valence electrons. The minimum Gasteiger partial charge on any atom is -0.375 e. The summed E-state index contributed by atoms with van der Waals surface area (Å²) in [6.45, 7) is 3.08. The van der Waals surface area contributed by atoms with Crippen LogP contribution in [0.5, 0.6) is 0 Å². The van der Waals surface area contributed by atoms with Gasteiger partial charge in [0, 0.05) is 29.5 Å². The Labute approximate surface area is 127 Å². The van der Waals surface area contributed by atoms with Gasteiger partial charge in [-0.3, -0.25) is 4.90 Å². The van der Waals surface area contributed by atoms with E-state index in [1.54, 1.807) is 11.3 Å². The smallest absolute Gasteiger partial charge is 0.229 e. The number of nitrogens with two attached hydrogens (primary N) is 1. The average Bonchev–Trinajstić information content (AvgIpc) is 3.09. The van der Waals surface area contributed by atoms with Crippen molar-refractivity contribution in [1.29, 1.82) is 0 Å². The summed E-state index contributed by atoms with van der Waals surface area (Å²) in [5, 5.41) is 4.84. The predicted octanol–water partition coefficient (Wildman–Crippen LogP) is 2.37. The van der Waals surface area contributed by atoms with Crippen molar-refractivity contribution in [2.75, 3.05) is 18.8 Å². The first-order valence-electron chi connectivity index (χ1n) is 7.54. The molecule has 0 aromatic carbocycles. The van der Waals surface area contributed by atoms with Gasteiger partial charge >= 0.3 is 0 Å². The molecule has 0 spiro atoms. The van der Waals surface area contributed by atoms with Gasteiger partial charge in [0.1, 0.15) is 0 Å². The number of thiazole rings is 1. The van der Waals surface area contributed by atoms with Crippen LogP contribution >= 0.6 is 11.3 Å². The number of nitrogen functional groups attached to an aromatic ring is 1. The van der Waals surface area contributed by atoms with Gasteiger partial charge in [0.05, 0.1) is 0 Å². The minimum atomic E-state index is 0.448. The molecule has 1 saturated heterocycles. The molecule has 6 nitrogen and oxygen atoms in total. The van der Waals surface area contributed by atoms with Crippen LogP contribution in [0.4, 0.5) is 5.13 Å². The fourth-order valence-corrected chi connectivity index (χ4v) is 3.60. The standard InChI is InChI=1S/C14H19N5OS/c15-14-16-7-11(21-14)8-19-5-3-9(4-6-19)12-17-13(20-18-12)10-1-2-10/h7,9-10H,1-6,8H2,(H2,15,16). The van der Waals surface area contributed by atoms with Gasteiger partial charge in [-0.25, -0.2) is 4.98 Å². The molecule has 2 fully saturated rings. The molecule has 1 aliphatic carbocycles. The van der Waals surface area contributed by atoms with Crippen molar-refractivity contribution in [3.05, 3.63) is 22.8 Å². The number of likely N-dealkylation sites (tertiary alicyclic amines) is 1. The van der Waals surface area contributed by atoms with Gasteiger partial charge in [0.15, 0.2) is 11.0 Å². The number of piperidine rings is 1. The zero-order valence-electron chi connectivity index (χ0n) is 11.9. The van der Waals surface area contributed by atoms with E-state index < -0.39 is 0 Å². The molecular formula is C14H19N5OS. The molecule has 3 heterocycles. The third-order valence-corrected chi connectivity index (χ3v) is 5.10. The second-order valence-electron chi connectivity index (χ2n) is 5.98. The number of aromatic nitrogens is 3. The van der Waals surface area contributed by atoms with E-state index in [2.05, 4.69) is 20.0 Å². The number of anilines is 1. The Balaban J connectivity index is 1.33. The van der Waals surface area contributed by atoms with Crippen LogP contribution in [0.15, 0.2) is 10.7 Å². The molecule has 2 aliphatic rings. The molecule has 7 heteroatoms. The molecular weight excluding hydrogens is 286 g/mol. The Hall–Kier alpha value is -1.47. The van der Waals surface area contributed by atoms with Gasteiger partial charge in [-0.15, -0.1) is 11.3 Å². The van der Waals surface area contributed by atoms with E-state index in [-0.39, 0.29) is 0 Å². The molecule has 21 heavy (non-hydrogen) atoms. The minimum absolute atomic E-state index is 0.448. The summed E-state index contributed by atoms with van der Waals surface area (Å²) in [4.78, 5) is 12.4. The van der Waals surface area contributed by atoms with Crippen molar-refractivity contribution in [3.63, 3.8) is 0 Å². The molecule has 0 amide bonds. The number of nitrogens with zero attached hydrogens (tertiary/aromatic N) is 4. The molecule has 0 radical (unpaired) electrons. The highest BCUT2D eigenvalue weighted by Gasteiger charge is 2.31. The van der Waals surface area contributed by atoms with Crippen LogP contribution in [-0.2, 0) is 6.54 Å². The Bertz CT molecular complexity index is 612. The van der Waals surface area contributed by atoms with Gasteiger partial charge in [0.25, 0.3) is 0 Å². The maximum Gasteiger partial charge on any atom is 0.229 e. The van der Waals surface area contributed by atoms with Gasteiger partial charge in [-0.1, -0.05) is 5.16 Å². The lowest BCUT2D eigenvalue weighted by Crippen LogP contribution is -2.32. The predicted molar refractivity (Wildman–Crippen MR) is 80.1 cm³/mol. The molecule has 1 saturated carbocycles.